The Hall–Kier alpha value is -3.14. The normalized spacial score (nSPS) is 19.6. The zero-order valence-corrected chi connectivity index (χ0v) is 16.9. The summed E-state index contributed by atoms with van der Waals surface area (Å²) in [5, 5.41) is 8.65. The summed E-state index contributed by atoms with van der Waals surface area (Å²) in [7, 11) is 0. The van der Waals surface area contributed by atoms with E-state index in [9.17, 15) is 4.79 Å². The van der Waals surface area contributed by atoms with Crippen LogP contribution in [0.2, 0.25) is 0 Å². The first-order chi connectivity index (χ1) is 14.7. The summed E-state index contributed by atoms with van der Waals surface area (Å²) in [6.07, 6.45) is 7.06. The number of nitrogens with zero attached hydrogens (tertiary/aromatic N) is 8. The second kappa shape index (κ2) is 7.94. The van der Waals surface area contributed by atoms with Crippen LogP contribution in [0, 0.1) is 6.92 Å². The van der Waals surface area contributed by atoms with E-state index in [0.717, 1.165) is 37.3 Å². The Morgan fingerprint density at radius 1 is 1.20 bits per heavy atom. The van der Waals surface area contributed by atoms with E-state index in [4.69, 9.17) is 4.74 Å². The number of fused-ring (bicyclic) bond motifs is 1. The van der Waals surface area contributed by atoms with Crippen LogP contribution in [0.1, 0.15) is 28.8 Å². The van der Waals surface area contributed by atoms with Gasteiger partial charge in [-0.25, -0.2) is 14.6 Å². The predicted octanol–water partition coefficient (Wildman–Crippen LogP) is 1.07. The van der Waals surface area contributed by atoms with E-state index >= 15 is 0 Å². The molecule has 1 amide bonds. The van der Waals surface area contributed by atoms with Crippen molar-refractivity contribution in [1.82, 2.24) is 34.8 Å². The van der Waals surface area contributed by atoms with Gasteiger partial charge in [0.25, 0.3) is 5.91 Å². The molecule has 10 heteroatoms. The number of rotatable bonds is 4. The number of hydrogen-bond acceptors (Lipinski definition) is 8. The average Bonchev–Trinajstić information content (AvgIpc) is 3.44. The maximum Gasteiger partial charge on any atom is 0.255 e. The molecule has 0 N–H and O–H groups in total. The van der Waals surface area contributed by atoms with Crippen LogP contribution in [0.5, 0.6) is 0 Å². The lowest BCUT2D eigenvalue weighted by Crippen LogP contribution is -2.47. The summed E-state index contributed by atoms with van der Waals surface area (Å²) >= 11 is 0. The van der Waals surface area contributed by atoms with Crippen molar-refractivity contribution in [3.63, 3.8) is 0 Å². The molecule has 2 saturated heterocycles. The van der Waals surface area contributed by atoms with Gasteiger partial charge in [0.2, 0.25) is 0 Å². The van der Waals surface area contributed by atoms with E-state index in [1.807, 2.05) is 17.9 Å². The number of aryl methyl sites for hydroxylation is 1. The fourth-order valence-electron chi connectivity index (χ4n) is 4.12. The lowest BCUT2D eigenvalue weighted by Gasteiger charge is -2.32. The summed E-state index contributed by atoms with van der Waals surface area (Å²) < 4.78 is 7.67. The van der Waals surface area contributed by atoms with E-state index < -0.39 is 0 Å². The Kier molecular flexibility index (Phi) is 4.99. The first-order valence-corrected chi connectivity index (χ1v) is 10.3. The predicted molar refractivity (Wildman–Crippen MR) is 109 cm³/mol. The monoisotopic (exact) mass is 408 g/mol. The van der Waals surface area contributed by atoms with Crippen LogP contribution in [0.3, 0.4) is 0 Å². The molecular weight excluding hydrogens is 384 g/mol. The van der Waals surface area contributed by atoms with Gasteiger partial charge in [0.1, 0.15) is 6.33 Å². The van der Waals surface area contributed by atoms with Crippen molar-refractivity contribution in [2.75, 3.05) is 37.7 Å². The molecule has 2 fully saturated rings. The van der Waals surface area contributed by atoms with Gasteiger partial charge >= 0.3 is 0 Å². The van der Waals surface area contributed by atoms with Crippen molar-refractivity contribution < 1.29 is 9.53 Å². The second-order valence-corrected chi connectivity index (χ2v) is 7.83. The van der Waals surface area contributed by atoms with Gasteiger partial charge in [-0.15, -0.1) is 5.10 Å². The molecule has 0 spiro atoms. The van der Waals surface area contributed by atoms with Crippen LogP contribution in [0.4, 0.5) is 5.82 Å². The SMILES string of the molecule is Cc1cncc(C(=O)N2CCO[C@H](Cn3nnc4c(N5CCCC5)ncnc43)C2)c1. The third kappa shape index (κ3) is 3.58. The van der Waals surface area contributed by atoms with Gasteiger partial charge < -0.3 is 14.5 Å². The molecule has 10 nitrogen and oxygen atoms in total. The molecule has 0 aliphatic carbocycles. The smallest absolute Gasteiger partial charge is 0.255 e. The lowest BCUT2D eigenvalue weighted by molar-refractivity contribution is -0.0297. The number of amides is 1. The van der Waals surface area contributed by atoms with Gasteiger partial charge in [-0.05, 0) is 31.4 Å². The minimum Gasteiger partial charge on any atom is -0.373 e. The molecule has 0 aromatic carbocycles. The van der Waals surface area contributed by atoms with Crippen LogP contribution in [0.15, 0.2) is 24.8 Å². The average molecular weight is 408 g/mol. The first kappa shape index (κ1) is 18.9. The van der Waals surface area contributed by atoms with Crippen molar-refractivity contribution in [1.29, 1.82) is 0 Å². The number of pyridine rings is 1. The molecule has 2 aliphatic rings. The number of hydrogen-bond donors (Lipinski definition) is 0. The Morgan fingerprint density at radius 3 is 2.90 bits per heavy atom. The zero-order valence-electron chi connectivity index (χ0n) is 16.9. The van der Waals surface area contributed by atoms with Crippen LogP contribution in [-0.4, -0.2) is 79.6 Å². The quantitative estimate of drug-likeness (QED) is 0.632. The van der Waals surface area contributed by atoms with E-state index in [0.29, 0.717) is 43.0 Å². The maximum absolute atomic E-state index is 12.9. The van der Waals surface area contributed by atoms with E-state index in [2.05, 4.69) is 30.2 Å². The number of carbonyl (C=O) groups excluding carboxylic acids is 1. The Balaban J connectivity index is 1.33. The van der Waals surface area contributed by atoms with Crippen LogP contribution >= 0.6 is 0 Å². The topological polar surface area (TPSA) is 102 Å². The lowest BCUT2D eigenvalue weighted by atomic mass is 10.1. The van der Waals surface area contributed by atoms with Crippen molar-refractivity contribution in [2.45, 2.75) is 32.4 Å². The molecule has 3 aromatic heterocycles. The fraction of sp³-hybridized carbons (Fsp3) is 0.500. The van der Waals surface area contributed by atoms with Crippen LogP contribution < -0.4 is 4.90 Å². The summed E-state index contributed by atoms with van der Waals surface area (Å²) in [5.41, 5.74) is 2.98. The Labute approximate surface area is 173 Å². The minimum atomic E-state index is -0.185. The second-order valence-electron chi connectivity index (χ2n) is 7.83. The number of carbonyl (C=O) groups is 1. The highest BCUT2D eigenvalue weighted by atomic mass is 16.5. The summed E-state index contributed by atoms with van der Waals surface area (Å²) in [4.78, 5) is 29.9. The molecule has 0 bridgehead atoms. The van der Waals surface area contributed by atoms with Gasteiger partial charge in [-0.3, -0.25) is 9.78 Å². The van der Waals surface area contributed by atoms with Gasteiger partial charge in [0.05, 0.1) is 24.8 Å². The van der Waals surface area contributed by atoms with E-state index in [1.165, 1.54) is 0 Å². The van der Waals surface area contributed by atoms with Gasteiger partial charge in [0, 0.05) is 38.6 Å². The molecule has 0 saturated carbocycles. The van der Waals surface area contributed by atoms with Gasteiger partial charge in [-0.1, -0.05) is 5.21 Å². The number of anilines is 1. The molecule has 2 aliphatic heterocycles. The summed E-state index contributed by atoms with van der Waals surface area (Å²) in [6, 6.07) is 1.86. The van der Waals surface area contributed by atoms with Crippen LogP contribution in [-0.2, 0) is 11.3 Å². The number of morpholine rings is 1. The summed E-state index contributed by atoms with van der Waals surface area (Å²) in [5.74, 6) is 0.818. The molecule has 30 heavy (non-hydrogen) atoms. The molecule has 3 aromatic rings. The molecule has 1 atom stereocenters. The standard InChI is InChI=1S/C20H24N8O2/c1-14-8-15(10-21-9-14)20(29)27-6-7-30-16(11-27)12-28-19-17(24-25-28)18(22-13-23-19)26-4-2-3-5-26/h8-10,13,16H,2-7,11-12H2,1H3/t16-/m0/s1. The van der Waals surface area contributed by atoms with Crippen molar-refractivity contribution in [3.8, 4) is 0 Å². The highest BCUT2D eigenvalue weighted by Gasteiger charge is 2.27. The molecule has 0 unspecified atom stereocenters. The van der Waals surface area contributed by atoms with E-state index in [-0.39, 0.29) is 12.0 Å². The van der Waals surface area contributed by atoms with Crippen molar-refractivity contribution in [3.05, 3.63) is 35.9 Å². The largest absolute Gasteiger partial charge is 0.373 e. The molecule has 0 radical (unpaired) electrons. The third-order valence-electron chi connectivity index (χ3n) is 5.61. The fourth-order valence-corrected chi connectivity index (χ4v) is 4.12. The Morgan fingerprint density at radius 2 is 2.07 bits per heavy atom. The molecular formula is C20H24N8O2. The molecule has 5 rings (SSSR count). The van der Waals surface area contributed by atoms with Crippen LogP contribution in [0.25, 0.3) is 11.2 Å². The number of ether oxygens (including phenoxy) is 1. The number of aromatic nitrogens is 6. The van der Waals surface area contributed by atoms with Crippen molar-refractivity contribution in [2.24, 2.45) is 0 Å². The minimum absolute atomic E-state index is 0.0263. The van der Waals surface area contributed by atoms with Gasteiger partial charge in [-0.2, -0.15) is 0 Å². The zero-order chi connectivity index (χ0) is 20.5. The van der Waals surface area contributed by atoms with Crippen molar-refractivity contribution >= 4 is 22.9 Å². The van der Waals surface area contributed by atoms with E-state index in [1.54, 1.807) is 23.4 Å². The highest BCUT2D eigenvalue weighted by Crippen LogP contribution is 2.24. The Bertz CT molecular complexity index is 1060. The molecule has 156 valence electrons. The highest BCUT2D eigenvalue weighted by molar-refractivity contribution is 5.94. The molecule has 5 heterocycles. The maximum atomic E-state index is 12.9. The summed E-state index contributed by atoms with van der Waals surface area (Å²) in [6.45, 7) is 5.89. The third-order valence-corrected chi connectivity index (χ3v) is 5.61. The first-order valence-electron chi connectivity index (χ1n) is 10.3. The van der Waals surface area contributed by atoms with Gasteiger partial charge in [0.15, 0.2) is 17.0 Å².